The summed E-state index contributed by atoms with van der Waals surface area (Å²) in [5.41, 5.74) is 9.01. The first-order valence-corrected chi connectivity index (χ1v) is 9.87. The van der Waals surface area contributed by atoms with Crippen molar-refractivity contribution in [3.05, 3.63) is 59.7 Å². The Morgan fingerprint density at radius 3 is 2.30 bits per heavy atom. The van der Waals surface area contributed by atoms with E-state index < -0.39 is 0 Å². The first-order chi connectivity index (χ1) is 13.2. The van der Waals surface area contributed by atoms with Crippen LogP contribution < -0.4 is 11.1 Å². The van der Waals surface area contributed by atoms with Crippen molar-refractivity contribution in [1.82, 2.24) is 9.80 Å². The van der Waals surface area contributed by atoms with Crippen molar-refractivity contribution in [1.29, 1.82) is 0 Å². The molecule has 5 heteroatoms. The predicted molar refractivity (Wildman–Crippen MR) is 110 cm³/mol. The van der Waals surface area contributed by atoms with Crippen LogP contribution in [0.3, 0.4) is 0 Å². The molecule has 0 spiro atoms. The molecular weight excluding hydrogens is 336 g/mol. The number of piperazine rings is 1. The maximum absolute atomic E-state index is 12.4. The smallest absolute Gasteiger partial charge is 0.255 e. The van der Waals surface area contributed by atoms with Gasteiger partial charge >= 0.3 is 0 Å². The van der Waals surface area contributed by atoms with Gasteiger partial charge in [0, 0.05) is 44.8 Å². The number of hydrogen-bond donors (Lipinski definition) is 2. The Morgan fingerprint density at radius 2 is 1.63 bits per heavy atom. The molecule has 0 aromatic heterocycles. The normalized spacial score (nSPS) is 18.4. The summed E-state index contributed by atoms with van der Waals surface area (Å²) in [5.74, 6) is 0.842. The van der Waals surface area contributed by atoms with Crippen LogP contribution in [0.4, 0.5) is 11.4 Å². The lowest BCUT2D eigenvalue weighted by molar-refractivity contribution is 0.102. The van der Waals surface area contributed by atoms with Gasteiger partial charge in [-0.1, -0.05) is 24.3 Å². The molecule has 4 rings (SSSR count). The summed E-state index contributed by atoms with van der Waals surface area (Å²) < 4.78 is 0. The van der Waals surface area contributed by atoms with E-state index in [4.69, 9.17) is 5.73 Å². The monoisotopic (exact) mass is 364 g/mol. The van der Waals surface area contributed by atoms with Crippen molar-refractivity contribution in [2.75, 3.05) is 43.8 Å². The molecular formula is C22H28N4O. The fourth-order valence-electron chi connectivity index (χ4n) is 3.62. The van der Waals surface area contributed by atoms with E-state index in [9.17, 15) is 4.79 Å². The molecule has 142 valence electrons. The molecule has 2 aromatic rings. The topological polar surface area (TPSA) is 61.6 Å². The number of anilines is 2. The average molecular weight is 364 g/mol. The van der Waals surface area contributed by atoms with Gasteiger partial charge < -0.3 is 16.0 Å². The highest BCUT2D eigenvalue weighted by Crippen LogP contribution is 2.30. The van der Waals surface area contributed by atoms with Crippen LogP contribution in [0.2, 0.25) is 0 Å². The number of carbonyl (C=O) groups is 1. The van der Waals surface area contributed by atoms with Crippen molar-refractivity contribution in [2.24, 2.45) is 5.92 Å². The number of amides is 1. The summed E-state index contributed by atoms with van der Waals surface area (Å²) in [6.07, 6.45) is 2.86. The van der Waals surface area contributed by atoms with Gasteiger partial charge in [0.25, 0.3) is 5.91 Å². The van der Waals surface area contributed by atoms with E-state index in [1.54, 1.807) is 6.07 Å². The molecule has 0 unspecified atom stereocenters. The molecule has 2 aliphatic rings. The van der Waals surface area contributed by atoms with Crippen LogP contribution >= 0.6 is 0 Å². The van der Waals surface area contributed by atoms with Gasteiger partial charge in [0.05, 0.1) is 11.4 Å². The quantitative estimate of drug-likeness (QED) is 0.774. The Kier molecular flexibility index (Phi) is 5.41. The Morgan fingerprint density at radius 1 is 0.963 bits per heavy atom. The second-order valence-electron chi connectivity index (χ2n) is 7.76. The van der Waals surface area contributed by atoms with E-state index in [2.05, 4.69) is 27.2 Å². The van der Waals surface area contributed by atoms with Crippen molar-refractivity contribution < 1.29 is 4.79 Å². The second-order valence-corrected chi connectivity index (χ2v) is 7.76. The second kappa shape index (κ2) is 8.11. The summed E-state index contributed by atoms with van der Waals surface area (Å²) in [4.78, 5) is 17.5. The van der Waals surface area contributed by atoms with Crippen molar-refractivity contribution in [3.8, 4) is 0 Å². The van der Waals surface area contributed by atoms with E-state index in [0.29, 0.717) is 16.9 Å². The standard InChI is InChI=1S/C22H28N4O/c23-20-3-1-2-4-21(20)24-22(27)19-9-7-18(8-10-19)16-26-13-11-25(12-14-26)15-17-5-6-17/h1-4,7-10,17H,5-6,11-16,23H2,(H,24,27). The number of para-hydroxylation sites is 2. The van der Waals surface area contributed by atoms with Gasteiger partial charge in [0.15, 0.2) is 0 Å². The van der Waals surface area contributed by atoms with Gasteiger partial charge in [-0.3, -0.25) is 9.69 Å². The minimum Gasteiger partial charge on any atom is -0.397 e. The van der Waals surface area contributed by atoms with Gasteiger partial charge in [-0.15, -0.1) is 0 Å². The third-order valence-corrected chi connectivity index (χ3v) is 5.51. The Bertz CT molecular complexity index is 777. The highest BCUT2D eigenvalue weighted by molar-refractivity contribution is 6.05. The molecule has 27 heavy (non-hydrogen) atoms. The minimum atomic E-state index is -0.131. The number of nitrogens with zero attached hydrogens (tertiary/aromatic N) is 2. The summed E-state index contributed by atoms with van der Waals surface area (Å²) in [6.45, 7) is 6.85. The van der Waals surface area contributed by atoms with Crippen LogP contribution in [0.5, 0.6) is 0 Å². The zero-order valence-electron chi connectivity index (χ0n) is 15.7. The fraction of sp³-hybridized carbons (Fsp3) is 0.409. The molecule has 1 aliphatic heterocycles. The number of nitrogen functional groups attached to an aromatic ring is 1. The number of benzene rings is 2. The van der Waals surface area contributed by atoms with E-state index in [0.717, 1.165) is 25.6 Å². The summed E-state index contributed by atoms with van der Waals surface area (Å²) in [7, 11) is 0. The van der Waals surface area contributed by atoms with Gasteiger partial charge in [0.1, 0.15) is 0 Å². The lowest BCUT2D eigenvalue weighted by Gasteiger charge is -2.34. The van der Waals surface area contributed by atoms with Gasteiger partial charge in [0.2, 0.25) is 0 Å². The molecule has 0 bridgehead atoms. The number of nitrogens with two attached hydrogens (primary N) is 1. The molecule has 5 nitrogen and oxygen atoms in total. The van der Waals surface area contributed by atoms with E-state index in [-0.39, 0.29) is 5.91 Å². The fourth-order valence-corrected chi connectivity index (χ4v) is 3.62. The van der Waals surface area contributed by atoms with Crippen molar-refractivity contribution in [3.63, 3.8) is 0 Å². The van der Waals surface area contributed by atoms with E-state index >= 15 is 0 Å². The zero-order chi connectivity index (χ0) is 18.6. The molecule has 1 aliphatic carbocycles. The first-order valence-electron chi connectivity index (χ1n) is 9.87. The molecule has 3 N–H and O–H groups in total. The zero-order valence-corrected chi connectivity index (χ0v) is 15.7. The van der Waals surface area contributed by atoms with Gasteiger partial charge in [-0.2, -0.15) is 0 Å². The number of hydrogen-bond acceptors (Lipinski definition) is 4. The van der Waals surface area contributed by atoms with Crippen LogP contribution in [0, 0.1) is 5.92 Å². The first kappa shape index (κ1) is 18.0. The van der Waals surface area contributed by atoms with Crippen molar-refractivity contribution in [2.45, 2.75) is 19.4 Å². The molecule has 2 aromatic carbocycles. The Hall–Kier alpha value is -2.37. The summed E-state index contributed by atoms with van der Waals surface area (Å²) >= 11 is 0. The van der Waals surface area contributed by atoms with E-state index in [1.807, 2.05) is 30.3 Å². The number of nitrogens with one attached hydrogen (secondary N) is 1. The van der Waals surface area contributed by atoms with Crippen LogP contribution in [0.1, 0.15) is 28.8 Å². The molecule has 1 saturated heterocycles. The molecule has 1 amide bonds. The average Bonchev–Trinajstić information content (AvgIpc) is 3.50. The van der Waals surface area contributed by atoms with Gasteiger partial charge in [-0.05, 0) is 48.6 Å². The van der Waals surface area contributed by atoms with Crippen LogP contribution in [0.15, 0.2) is 48.5 Å². The van der Waals surface area contributed by atoms with Gasteiger partial charge in [-0.25, -0.2) is 0 Å². The lowest BCUT2D eigenvalue weighted by Crippen LogP contribution is -2.46. The van der Waals surface area contributed by atoms with Crippen LogP contribution in [-0.2, 0) is 6.54 Å². The highest BCUT2D eigenvalue weighted by Gasteiger charge is 2.26. The largest absolute Gasteiger partial charge is 0.397 e. The minimum absolute atomic E-state index is 0.131. The van der Waals surface area contributed by atoms with Crippen LogP contribution in [-0.4, -0.2) is 48.4 Å². The molecule has 2 fully saturated rings. The highest BCUT2D eigenvalue weighted by atomic mass is 16.1. The third-order valence-electron chi connectivity index (χ3n) is 5.51. The summed E-state index contributed by atoms with van der Waals surface area (Å²) in [5, 5.41) is 2.87. The summed E-state index contributed by atoms with van der Waals surface area (Å²) in [6, 6.07) is 15.2. The number of rotatable bonds is 6. The third kappa shape index (κ3) is 4.87. The maximum atomic E-state index is 12.4. The van der Waals surface area contributed by atoms with Crippen molar-refractivity contribution >= 4 is 17.3 Å². The van der Waals surface area contributed by atoms with Crippen LogP contribution in [0.25, 0.3) is 0 Å². The predicted octanol–water partition coefficient (Wildman–Crippen LogP) is 3.05. The molecule has 0 atom stereocenters. The Balaban J connectivity index is 1.28. The SMILES string of the molecule is Nc1ccccc1NC(=O)c1ccc(CN2CCN(CC3CC3)CC2)cc1. The Labute approximate surface area is 161 Å². The molecule has 1 heterocycles. The van der Waals surface area contributed by atoms with E-state index in [1.165, 1.54) is 38.0 Å². The molecule has 0 radical (unpaired) electrons. The molecule has 1 saturated carbocycles. The lowest BCUT2D eigenvalue weighted by atomic mass is 10.1. The maximum Gasteiger partial charge on any atom is 0.255 e. The number of carbonyl (C=O) groups excluding carboxylic acids is 1.